The molecule has 0 aromatic rings. The molecule has 0 heterocycles. The number of carbonyl (C=O) groups is 2. The number of hydrogen-bond donors (Lipinski definition) is 2. The number of amides is 1. The van der Waals surface area contributed by atoms with Crippen molar-refractivity contribution in [3.05, 3.63) is 4.91 Å². The van der Waals surface area contributed by atoms with Crippen molar-refractivity contribution in [3.63, 3.8) is 0 Å². The van der Waals surface area contributed by atoms with Gasteiger partial charge in [-0.05, 0) is 18.3 Å². The van der Waals surface area contributed by atoms with Crippen LogP contribution in [0.1, 0.15) is 40.5 Å². The van der Waals surface area contributed by atoms with E-state index in [0.29, 0.717) is 12.8 Å². The summed E-state index contributed by atoms with van der Waals surface area (Å²) in [5.74, 6) is -1.76. The van der Waals surface area contributed by atoms with Gasteiger partial charge in [0.2, 0.25) is 5.91 Å². The molecule has 0 aliphatic carbocycles. The highest BCUT2D eigenvalue weighted by Gasteiger charge is 2.29. The standard InChI is InChI=1S/C12H22N2O4/c1-5-8(4)10(14-18)11(15)13-9(12(16)17)6-7(2)3/h7-10H,5-6H2,1-4H3,(H,13,15)(H,16,17)/t8-,9-,10-/m0/s1. The van der Waals surface area contributed by atoms with Crippen LogP contribution in [-0.4, -0.2) is 29.1 Å². The monoisotopic (exact) mass is 258 g/mol. The van der Waals surface area contributed by atoms with Gasteiger partial charge in [-0.2, -0.15) is 0 Å². The summed E-state index contributed by atoms with van der Waals surface area (Å²) >= 11 is 0. The third-order valence-electron chi connectivity index (χ3n) is 2.89. The summed E-state index contributed by atoms with van der Waals surface area (Å²) in [7, 11) is 0. The number of aliphatic carboxylic acids is 1. The smallest absolute Gasteiger partial charge is 0.326 e. The zero-order valence-corrected chi connectivity index (χ0v) is 11.3. The first-order chi connectivity index (χ1) is 8.33. The third-order valence-corrected chi connectivity index (χ3v) is 2.89. The molecule has 104 valence electrons. The maximum absolute atomic E-state index is 11.8. The van der Waals surface area contributed by atoms with Crippen LogP contribution in [0, 0.1) is 16.7 Å². The van der Waals surface area contributed by atoms with E-state index in [9.17, 15) is 14.5 Å². The van der Waals surface area contributed by atoms with Crippen LogP contribution < -0.4 is 5.32 Å². The molecule has 0 aliphatic rings. The average molecular weight is 258 g/mol. The van der Waals surface area contributed by atoms with E-state index in [4.69, 9.17) is 5.11 Å². The molecular weight excluding hydrogens is 236 g/mol. The number of nitrogens with zero attached hydrogens (tertiary/aromatic N) is 1. The number of hydrogen-bond acceptors (Lipinski definition) is 4. The Hall–Kier alpha value is -1.46. The number of nitrogens with one attached hydrogen (secondary N) is 1. The Morgan fingerprint density at radius 2 is 1.83 bits per heavy atom. The Balaban J connectivity index is 4.66. The highest BCUT2D eigenvalue weighted by molar-refractivity contribution is 5.87. The summed E-state index contributed by atoms with van der Waals surface area (Å²) in [6.45, 7) is 7.32. The fraction of sp³-hybridized carbons (Fsp3) is 0.833. The molecule has 0 fully saturated rings. The minimum absolute atomic E-state index is 0.137. The molecule has 3 atom stereocenters. The van der Waals surface area contributed by atoms with Gasteiger partial charge in [0.15, 0.2) is 6.04 Å². The Kier molecular flexibility index (Phi) is 7.16. The van der Waals surface area contributed by atoms with E-state index in [0.717, 1.165) is 0 Å². The van der Waals surface area contributed by atoms with Gasteiger partial charge in [0.1, 0.15) is 6.04 Å². The molecule has 1 amide bonds. The maximum Gasteiger partial charge on any atom is 0.326 e. The summed E-state index contributed by atoms with van der Waals surface area (Å²) in [5.41, 5.74) is 0. The molecule has 0 rings (SSSR count). The number of carboxylic acids is 1. The second-order valence-electron chi connectivity index (χ2n) is 4.96. The summed E-state index contributed by atoms with van der Waals surface area (Å²) < 4.78 is 0. The molecule has 0 radical (unpaired) electrons. The van der Waals surface area contributed by atoms with Crippen molar-refractivity contribution in [1.29, 1.82) is 0 Å². The van der Waals surface area contributed by atoms with Crippen molar-refractivity contribution in [3.8, 4) is 0 Å². The Labute approximate surface area is 107 Å². The van der Waals surface area contributed by atoms with Crippen molar-refractivity contribution in [2.45, 2.75) is 52.6 Å². The summed E-state index contributed by atoms with van der Waals surface area (Å²) in [6.07, 6.45) is 0.957. The highest BCUT2D eigenvalue weighted by atomic mass is 16.4. The molecule has 6 heteroatoms. The van der Waals surface area contributed by atoms with Gasteiger partial charge < -0.3 is 10.4 Å². The van der Waals surface area contributed by atoms with Gasteiger partial charge in [-0.3, -0.25) is 4.79 Å². The second kappa shape index (κ2) is 7.79. The molecular formula is C12H22N2O4. The van der Waals surface area contributed by atoms with E-state index >= 15 is 0 Å². The van der Waals surface area contributed by atoms with E-state index in [1.165, 1.54) is 0 Å². The molecule has 0 aromatic carbocycles. The van der Waals surface area contributed by atoms with E-state index < -0.39 is 24.0 Å². The van der Waals surface area contributed by atoms with Gasteiger partial charge >= 0.3 is 5.97 Å². The van der Waals surface area contributed by atoms with Crippen LogP contribution in [-0.2, 0) is 9.59 Å². The zero-order chi connectivity index (χ0) is 14.3. The van der Waals surface area contributed by atoms with Gasteiger partial charge in [-0.15, -0.1) is 4.91 Å². The lowest BCUT2D eigenvalue weighted by Crippen LogP contribution is -2.47. The molecule has 0 spiro atoms. The zero-order valence-electron chi connectivity index (χ0n) is 11.3. The van der Waals surface area contributed by atoms with Crippen LogP contribution in [0.2, 0.25) is 0 Å². The molecule has 0 bridgehead atoms. The summed E-state index contributed by atoms with van der Waals surface area (Å²) in [6, 6.07) is -1.99. The van der Waals surface area contributed by atoms with Crippen LogP contribution >= 0.6 is 0 Å². The van der Waals surface area contributed by atoms with E-state index in [1.807, 2.05) is 20.8 Å². The molecule has 6 nitrogen and oxygen atoms in total. The Morgan fingerprint density at radius 1 is 1.28 bits per heavy atom. The molecule has 0 aromatic heterocycles. The van der Waals surface area contributed by atoms with Crippen LogP contribution in [0.5, 0.6) is 0 Å². The predicted molar refractivity (Wildman–Crippen MR) is 68.1 cm³/mol. The van der Waals surface area contributed by atoms with Gasteiger partial charge in [0.05, 0.1) is 0 Å². The number of carbonyl (C=O) groups excluding carboxylic acids is 1. The van der Waals surface area contributed by atoms with E-state index in [1.54, 1.807) is 6.92 Å². The maximum atomic E-state index is 11.8. The predicted octanol–water partition coefficient (Wildman–Crippen LogP) is 1.78. The molecule has 18 heavy (non-hydrogen) atoms. The van der Waals surface area contributed by atoms with Crippen molar-refractivity contribution >= 4 is 11.9 Å². The lowest BCUT2D eigenvalue weighted by molar-refractivity contribution is -0.142. The molecule has 0 aliphatic heterocycles. The molecule has 0 unspecified atom stereocenters. The first kappa shape index (κ1) is 16.5. The van der Waals surface area contributed by atoms with Crippen molar-refractivity contribution < 1.29 is 14.7 Å². The van der Waals surface area contributed by atoms with Gasteiger partial charge in [-0.25, -0.2) is 4.79 Å². The first-order valence-electron chi connectivity index (χ1n) is 6.19. The van der Waals surface area contributed by atoms with Crippen LogP contribution in [0.4, 0.5) is 0 Å². The SMILES string of the molecule is CC[C@H](C)[C@H](N=O)C(=O)N[C@@H](CC(C)C)C(=O)O. The number of rotatable bonds is 8. The molecule has 2 N–H and O–H groups in total. The molecule has 0 saturated heterocycles. The van der Waals surface area contributed by atoms with Gasteiger partial charge in [0, 0.05) is 0 Å². The van der Waals surface area contributed by atoms with Gasteiger partial charge in [0.25, 0.3) is 0 Å². The van der Waals surface area contributed by atoms with E-state index in [2.05, 4.69) is 10.5 Å². The topological polar surface area (TPSA) is 95.8 Å². The van der Waals surface area contributed by atoms with Crippen molar-refractivity contribution in [2.75, 3.05) is 0 Å². The fourth-order valence-electron chi connectivity index (χ4n) is 1.58. The van der Waals surface area contributed by atoms with Crippen molar-refractivity contribution in [2.24, 2.45) is 17.0 Å². The lowest BCUT2D eigenvalue weighted by Gasteiger charge is -2.20. The fourth-order valence-corrected chi connectivity index (χ4v) is 1.58. The minimum atomic E-state index is -1.09. The summed E-state index contributed by atoms with van der Waals surface area (Å²) in [5, 5.41) is 14.2. The highest BCUT2D eigenvalue weighted by Crippen LogP contribution is 2.13. The van der Waals surface area contributed by atoms with E-state index in [-0.39, 0.29) is 11.8 Å². The van der Waals surface area contributed by atoms with Crippen LogP contribution in [0.15, 0.2) is 5.18 Å². The van der Waals surface area contributed by atoms with Crippen LogP contribution in [0.3, 0.4) is 0 Å². The van der Waals surface area contributed by atoms with Gasteiger partial charge in [-0.1, -0.05) is 39.3 Å². The van der Waals surface area contributed by atoms with Crippen molar-refractivity contribution in [1.82, 2.24) is 5.32 Å². The third kappa shape index (κ3) is 5.25. The largest absolute Gasteiger partial charge is 0.480 e. The Bertz CT molecular complexity index is 304. The summed E-state index contributed by atoms with van der Waals surface area (Å²) in [4.78, 5) is 33.5. The number of nitroso groups, excluding NO2 is 1. The lowest BCUT2D eigenvalue weighted by atomic mass is 9.98. The normalized spacial score (nSPS) is 15.8. The first-order valence-corrected chi connectivity index (χ1v) is 6.19. The number of carboxylic acid groups (broad SMARTS) is 1. The second-order valence-corrected chi connectivity index (χ2v) is 4.96. The minimum Gasteiger partial charge on any atom is -0.480 e. The Morgan fingerprint density at radius 3 is 2.17 bits per heavy atom. The average Bonchev–Trinajstić information content (AvgIpc) is 2.27. The molecule has 0 saturated carbocycles. The van der Waals surface area contributed by atoms with Crippen LogP contribution in [0.25, 0.3) is 0 Å². The quantitative estimate of drug-likeness (QED) is 0.649.